The highest BCUT2D eigenvalue weighted by atomic mass is 16.3. The van der Waals surface area contributed by atoms with E-state index < -0.39 is 0 Å². The molecular weight excluding hydrogens is 184 g/mol. The molecule has 0 spiro atoms. The third-order valence-corrected chi connectivity index (χ3v) is 1.89. The lowest BCUT2D eigenvalue weighted by molar-refractivity contribution is 0.0945. The average Bonchev–Trinajstić information content (AvgIpc) is 2.38. The van der Waals surface area contributed by atoms with Crippen LogP contribution in [0, 0.1) is 6.92 Å². The van der Waals surface area contributed by atoms with Gasteiger partial charge in [0, 0.05) is 13.6 Å². The number of nitrogen functional groups attached to an aromatic ring is 1. The van der Waals surface area contributed by atoms with Crippen LogP contribution in [0.25, 0.3) is 0 Å². The fourth-order valence-corrected chi connectivity index (χ4v) is 1.21. The number of amides is 1. The molecule has 0 atom stereocenters. The Morgan fingerprint density at radius 2 is 2.36 bits per heavy atom. The van der Waals surface area contributed by atoms with Gasteiger partial charge in [-0.05, 0) is 6.92 Å². The zero-order valence-corrected chi connectivity index (χ0v) is 8.24. The standard InChI is InChI=1S/C8H14N4O2/c1-5-6(7(9)12(2)11-5)8(14)10-3-4-13/h13H,3-4,9H2,1-2H3,(H,10,14). The van der Waals surface area contributed by atoms with Gasteiger partial charge in [0.25, 0.3) is 5.91 Å². The molecule has 0 bridgehead atoms. The summed E-state index contributed by atoms with van der Waals surface area (Å²) in [7, 11) is 1.67. The van der Waals surface area contributed by atoms with Gasteiger partial charge in [0.15, 0.2) is 0 Å². The summed E-state index contributed by atoms with van der Waals surface area (Å²) in [6, 6.07) is 0. The third kappa shape index (κ3) is 1.85. The molecule has 0 aromatic carbocycles. The minimum atomic E-state index is -0.304. The van der Waals surface area contributed by atoms with Crippen LogP contribution in [-0.4, -0.2) is 33.9 Å². The predicted molar refractivity (Wildman–Crippen MR) is 51.8 cm³/mol. The van der Waals surface area contributed by atoms with E-state index in [9.17, 15) is 4.79 Å². The number of aryl methyl sites for hydroxylation is 2. The summed E-state index contributed by atoms with van der Waals surface area (Å²) < 4.78 is 1.45. The first-order valence-corrected chi connectivity index (χ1v) is 4.26. The van der Waals surface area contributed by atoms with Gasteiger partial charge in [0.1, 0.15) is 11.4 Å². The molecule has 0 aliphatic carbocycles. The Morgan fingerprint density at radius 1 is 1.71 bits per heavy atom. The van der Waals surface area contributed by atoms with Crippen LogP contribution in [0.15, 0.2) is 0 Å². The molecule has 0 radical (unpaired) electrons. The summed E-state index contributed by atoms with van der Waals surface area (Å²) in [6.45, 7) is 1.84. The zero-order valence-electron chi connectivity index (χ0n) is 8.24. The van der Waals surface area contributed by atoms with E-state index in [0.29, 0.717) is 17.1 Å². The minimum Gasteiger partial charge on any atom is -0.395 e. The number of hydrogen-bond acceptors (Lipinski definition) is 4. The van der Waals surface area contributed by atoms with Gasteiger partial charge < -0.3 is 16.2 Å². The van der Waals surface area contributed by atoms with E-state index in [-0.39, 0.29) is 19.1 Å². The second-order valence-electron chi connectivity index (χ2n) is 2.95. The smallest absolute Gasteiger partial charge is 0.257 e. The monoisotopic (exact) mass is 198 g/mol. The van der Waals surface area contributed by atoms with E-state index in [1.807, 2.05) is 0 Å². The van der Waals surface area contributed by atoms with Crippen LogP contribution in [0.2, 0.25) is 0 Å². The van der Waals surface area contributed by atoms with Crippen molar-refractivity contribution in [1.29, 1.82) is 0 Å². The maximum absolute atomic E-state index is 11.5. The molecule has 0 fully saturated rings. The second-order valence-corrected chi connectivity index (χ2v) is 2.95. The molecule has 0 unspecified atom stereocenters. The summed E-state index contributed by atoms with van der Waals surface area (Å²) in [6.07, 6.45) is 0. The number of carbonyl (C=O) groups excluding carboxylic acids is 1. The van der Waals surface area contributed by atoms with Crippen LogP contribution in [-0.2, 0) is 7.05 Å². The largest absolute Gasteiger partial charge is 0.395 e. The number of carbonyl (C=O) groups is 1. The van der Waals surface area contributed by atoms with Gasteiger partial charge in [-0.3, -0.25) is 9.48 Å². The van der Waals surface area contributed by atoms with Crippen molar-refractivity contribution in [3.63, 3.8) is 0 Å². The Morgan fingerprint density at radius 3 is 2.79 bits per heavy atom. The Hall–Kier alpha value is -1.56. The molecule has 1 amide bonds. The summed E-state index contributed by atoms with van der Waals surface area (Å²) in [5.41, 5.74) is 6.61. The molecule has 1 aromatic rings. The van der Waals surface area contributed by atoms with Crippen molar-refractivity contribution in [1.82, 2.24) is 15.1 Å². The topological polar surface area (TPSA) is 93.2 Å². The van der Waals surface area contributed by atoms with E-state index in [0.717, 1.165) is 0 Å². The van der Waals surface area contributed by atoms with Crippen molar-refractivity contribution in [2.24, 2.45) is 7.05 Å². The second kappa shape index (κ2) is 4.10. The Labute approximate surface area is 81.7 Å². The van der Waals surface area contributed by atoms with Crippen molar-refractivity contribution in [2.45, 2.75) is 6.92 Å². The first kappa shape index (κ1) is 10.5. The molecule has 1 heterocycles. The highest BCUT2D eigenvalue weighted by Crippen LogP contribution is 2.14. The van der Waals surface area contributed by atoms with E-state index in [4.69, 9.17) is 10.8 Å². The minimum absolute atomic E-state index is 0.0923. The molecule has 1 rings (SSSR count). The number of nitrogens with one attached hydrogen (secondary N) is 1. The lowest BCUT2D eigenvalue weighted by Crippen LogP contribution is -2.27. The summed E-state index contributed by atoms with van der Waals surface area (Å²) in [4.78, 5) is 11.5. The van der Waals surface area contributed by atoms with E-state index in [1.54, 1.807) is 14.0 Å². The molecule has 0 saturated heterocycles. The molecule has 0 saturated carbocycles. The van der Waals surface area contributed by atoms with E-state index in [2.05, 4.69) is 10.4 Å². The SMILES string of the molecule is Cc1nn(C)c(N)c1C(=O)NCCO. The molecule has 14 heavy (non-hydrogen) atoms. The summed E-state index contributed by atoms with van der Waals surface area (Å²) in [5, 5.41) is 15.1. The van der Waals surface area contributed by atoms with Crippen LogP contribution in [0.3, 0.4) is 0 Å². The van der Waals surface area contributed by atoms with E-state index in [1.165, 1.54) is 4.68 Å². The Bertz CT molecular complexity index is 345. The molecule has 4 N–H and O–H groups in total. The van der Waals surface area contributed by atoms with Crippen molar-refractivity contribution in [3.8, 4) is 0 Å². The van der Waals surface area contributed by atoms with Gasteiger partial charge in [-0.2, -0.15) is 5.10 Å². The van der Waals surface area contributed by atoms with E-state index >= 15 is 0 Å². The number of nitrogens with two attached hydrogens (primary N) is 1. The summed E-state index contributed by atoms with van der Waals surface area (Å²) in [5.74, 6) is 0.0279. The van der Waals surface area contributed by atoms with Gasteiger partial charge in [0.05, 0.1) is 12.3 Å². The van der Waals surface area contributed by atoms with Crippen molar-refractivity contribution in [2.75, 3.05) is 18.9 Å². The number of nitrogens with zero attached hydrogens (tertiary/aromatic N) is 2. The first-order chi connectivity index (χ1) is 6.57. The highest BCUT2D eigenvalue weighted by molar-refractivity contribution is 5.99. The van der Waals surface area contributed by atoms with Gasteiger partial charge in [-0.1, -0.05) is 0 Å². The number of hydrogen-bond donors (Lipinski definition) is 3. The number of anilines is 1. The molecule has 6 nitrogen and oxygen atoms in total. The van der Waals surface area contributed by atoms with Crippen molar-refractivity contribution in [3.05, 3.63) is 11.3 Å². The highest BCUT2D eigenvalue weighted by Gasteiger charge is 2.17. The fraction of sp³-hybridized carbons (Fsp3) is 0.500. The van der Waals surface area contributed by atoms with Gasteiger partial charge >= 0.3 is 0 Å². The number of aliphatic hydroxyl groups excluding tert-OH is 1. The third-order valence-electron chi connectivity index (χ3n) is 1.89. The maximum Gasteiger partial charge on any atom is 0.257 e. The number of aliphatic hydroxyl groups is 1. The first-order valence-electron chi connectivity index (χ1n) is 4.26. The molecule has 1 aromatic heterocycles. The van der Waals surface area contributed by atoms with Crippen LogP contribution in [0.4, 0.5) is 5.82 Å². The van der Waals surface area contributed by atoms with Crippen molar-refractivity contribution >= 4 is 11.7 Å². The molecule has 0 aliphatic heterocycles. The molecule has 6 heteroatoms. The maximum atomic E-state index is 11.5. The number of rotatable bonds is 3. The van der Waals surface area contributed by atoms with Crippen molar-refractivity contribution < 1.29 is 9.90 Å². The van der Waals surface area contributed by atoms with Gasteiger partial charge in [0.2, 0.25) is 0 Å². The van der Waals surface area contributed by atoms with Crippen LogP contribution >= 0.6 is 0 Å². The van der Waals surface area contributed by atoms with Gasteiger partial charge in [-0.25, -0.2) is 0 Å². The zero-order chi connectivity index (χ0) is 10.7. The molecule has 78 valence electrons. The van der Waals surface area contributed by atoms with Crippen LogP contribution in [0.1, 0.15) is 16.1 Å². The Kier molecular flexibility index (Phi) is 3.08. The van der Waals surface area contributed by atoms with Gasteiger partial charge in [-0.15, -0.1) is 0 Å². The average molecular weight is 198 g/mol. The van der Waals surface area contributed by atoms with Crippen LogP contribution in [0.5, 0.6) is 0 Å². The fourth-order valence-electron chi connectivity index (χ4n) is 1.21. The summed E-state index contributed by atoms with van der Waals surface area (Å²) >= 11 is 0. The normalized spacial score (nSPS) is 10.2. The lowest BCUT2D eigenvalue weighted by atomic mass is 10.2. The quantitative estimate of drug-likeness (QED) is 0.582. The predicted octanol–water partition coefficient (Wildman–Crippen LogP) is -0.967. The lowest BCUT2D eigenvalue weighted by Gasteiger charge is -2.02. The molecule has 0 aliphatic rings. The Balaban J connectivity index is 2.89. The molecular formula is C8H14N4O2. The number of aromatic nitrogens is 2. The van der Waals surface area contributed by atoms with Crippen LogP contribution < -0.4 is 11.1 Å².